The number of ether oxygens (including phenoxy) is 2. The van der Waals surface area contributed by atoms with E-state index in [4.69, 9.17) is 15.2 Å². The Balaban J connectivity index is 1.68. The van der Waals surface area contributed by atoms with Crippen molar-refractivity contribution in [2.24, 2.45) is 5.92 Å². The van der Waals surface area contributed by atoms with Crippen molar-refractivity contribution in [2.75, 3.05) is 26.6 Å². The van der Waals surface area contributed by atoms with Gasteiger partial charge in [0.1, 0.15) is 0 Å². The van der Waals surface area contributed by atoms with Crippen molar-refractivity contribution < 1.29 is 22.7 Å². The molecule has 2 aromatic rings. The number of hydrogen-bond acceptors (Lipinski definition) is 6. The van der Waals surface area contributed by atoms with Crippen LogP contribution in [-0.2, 0) is 30.7 Å². The number of carbonyl (C=O) groups is 1. The van der Waals surface area contributed by atoms with Crippen LogP contribution in [0.5, 0.6) is 0 Å². The molecule has 0 heterocycles. The van der Waals surface area contributed by atoms with Gasteiger partial charge in [0.15, 0.2) is 0 Å². The summed E-state index contributed by atoms with van der Waals surface area (Å²) in [4.78, 5) is 11.8. The Morgan fingerprint density at radius 2 is 1.74 bits per heavy atom. The molecule has 0 atom stereocenters. The SMILES string of the molecule is COCCc1ccc(-c2ccc(S(=O)(=O)N[C@H]3CC[C@H](C(=O)OC)CC3)cc2N)cc1. The highest BCUT2D eigenvalue weighted by atomic mass is 32.2. The summed E-state index contributed by atoms with van der Waals surface area (Å²) in [7, 11) is -0.652. The van der Waals surface area contributed by atoms with Gasteiger partial charge in [-0.05, 0) is 55.4 Å². The monoisotopic (exact) mass is 446 g/mol. The van der Waals surface area contributed by atoms with Crippen molar-refractivity contribution in [3.05, 3.63) is 48.0 Å². The Bertz CT molecular complexity index is 997. The highest BCUT2D eigenvalue weighted by molar-refractivity contribution is 7.89. The lowest BCUT2D eigenvalue weighted by Crippen LogP contribution is -2.38. The lowest BCUT2D eigenvalue weighted by Gasteiger charge is -2.27. The fourth-order valence-electron chi connectivity index (χ4n) is 3.94. The van der Waals surface area contributed by atoms with Crippen molar-refractivity contribution in [3.63, 3.8) is 0 Å². The summed E-state index contributed by atoms with van der Waals surface area (Å²) < 4.78 is 38.3. The molecule has 0 aliphatic heterocycles. The van der Waals surface area contributed by atoms with Gasteiger partial charge in [-0.1, -0.05) is 30.3 Å². The van der Waals surface area contributed by atoms with Crippen molar-refractivity contribution in [1.82, 2.24) is 4.72 Å². The summed E-state index contributed by atoms with van der Waals surface area (Å²) in [6.07, 6.45) is 3.25. The predicted molar refractivity (Wildman–Crippen MR) is 120 cm³/mol. The van der Waals surface area contributed by atoms with Gasteiger partial charge in [0.25, 0.3) is 0 Å². The molecular formula is C23H30N2O5S. The minimum absolute atomic E-state index is 0.139. The van der Waals surface area contributed by atoms with Gasteiger partial charge in [-0.3, -0.25) is 4.79 Å². The van der Waals surface area contributed by atoms with Gasteiger partial charge in [-0.15, -0.1) is 0 Å². The van der Waals surface area contributed by atoms with Gasteiger partial charge in [-0.2, -0.15) is 0 Å². The van der Waals surface area contributed by atoms with Crippen LogP contribution in [0, 0.1) is 5.92 Å². The number of rotatable bonds is 8. The maximum Gasteiger partial charge on any atom is 0.308 e. The molecule has 0 bridgehead atoms. The van der Waals surface area contributed by atoms with E-state index in [0.29, 0.717) is 38.0 Å². The van der Waals surface area contributed by atoms with Crippen molar-refractivity contribution in [1.29, 1.82) is 0 Å². The molecule has 31 heavy (non-hydrogen) atoms. The number of sulfonamides is 1. The predicted octanol–water partition coefficient (Wildman–Crippen LogP) is 3.13. The number of carbonyl (C=O) groups excluding carboxylic acids is 1. The molecule has 1 aliphatic rings. The van der Waals surface area contributed by atoms with E-state index in [1.807, 2.05) is 24.3 Å². The third kappa shape index (κ3) is 5.84. The van der Waals surface area contributed by atoms with Gasteiger partial charge < -0.3 is 15.2 Å². The van der Waals surface area contributed by atoms with E-state index in [2.05, 4.69) is 4.72 Å². The van der Waals surface area contributed by atoms with E-state index in [-0.39, 0.29) is 22.8 Å². The Morgan fingerprint density at radius 1 is 1.06 bits per heavy atom. The van der Waals surface area contributed by atoms with E-state index in [9.17, 15) is 13.2 Å². The molecule has 3 N–H and O–H groups in total. The van der Waals surface area contributed by atoms with Gasteiger partial charge in [0, 0.05) is 24.4 Å². The summed E-state index contributed by atoms with van der Waals surface area (Å²) in [5, 5.41) is 0. The largest absolute Gasteiger partial charge is 0.469 e. The number of nitrogens with one attached hydrogen (secondary N) is 1. The zero-order valence-corrected chi connectivity index (χ0v) is 18.8. The van der Waals surface area contributed by atoms with Crippen LogP contribution in [0.3, 0.4) is 0 Å². The first-order chi connectivity index (χ1) is 14.8. The first kappa shape index (κ1) is 23.2. The van der Waals surface area contributed by atoms with E-state index < -0.39 is 10.0 Å². The third-order valence-corrected chi connectivity index (χ3v) is 7.29. The van der Waals surface area contributed by atoms with Crippen LogP contribution in [0.4, 0.5) is 5.69 Å². The molecule has 0 spiro atoms. The number of hydrogen-bond donors (Lipinski definition) is 2. The van der Waals surface area contributed by atoms with Crippen LogP contribution < -0.4 is 10.5 Å². The summed E-state index contributed by atoms with van der Waals surface area (Å²) in [5.41, 5.74) is 9.49. The van der Waals surface area contributed by atoms with Crippen LogP contribution >= 0.6 is 0 Å². The Morgan fingerprint density at radius 3 is 2.32 bits per heavy atom. The molecule has 1 aliphatic carbocycles. The van der Waals surface area contributed by atoms with Crippen LogP contribution in [0.25, 0.3) is 11.1 Å². The molecule has 0 amide bonds. The standard InChI is InChI=1S/C23H30N2O5S/c1-29-14-13-16-3-5-17(6-4-16)21-12-11-20(15-22(21)24)31(27,28)25-19-9-7-18(8-10-19)23(26)30-2/h3-6,11-12,15,18-19,25H,7-10,13-14,24H2,1-2H3/t18-,19-. The normalized spacial score (nSPS) is 19.2. The second-order valence-electron chi connectivity index (χ2n) is 7.88. The van der Waals surface area contributed by atoms with Crippen molar-refractivity contribution in [2.45, 2.75) is 43.0 Å². The molecule has 0 radical (unpaired) electrons. The van der Waals surface area contributed by atoms with E-state index in [0.717, 1.165) is 23.1 Å². The topological polar surface area (TPSA) is 108 Å². The average Bonchev–Trinajstić information content (AvgIpc) is 2.78. The second kappa shape index (κ2) is 10.3. The summed E-state index contributed by atoms with van der Waals surface area (Å²) in [6.45, 7) is 0.658. The maximum absolute atomic E-state index is 12.8. The highest BCUT2D eigenvalue weighted by Gasteiger charge is 2.29. The van der Waals surface area contributed by atoms with Gasteiger partial charge in [-0.25, -0.2) is 13.1 Å². The molecular weight excluding hydrogens is 416 g/mol. The molecule has 0 saturated heterocycles. The lowest BCUT2D eigenvalue weighted by molar-refractivity contribution is -0.146. The number of benzene rings is 2. The van der Waals surface area contributed by atoms with Gasteiger partial charge >= 0.3 is 5.97 Å². The quantitative estimate of drug-likeness (QED) is 0.476. The molecule has 8 heteroatoms. The minimum atomic E-state index is -3.70. The molecule has 0 aromatic heterocycles. The van der Waals surface area contributed by atoms with Crippen molar-refractivity contribution in [3.8, 4) is 11.1 Å². The molecule has 1 saturated carbocycles. The highest BCUT2D eigenvalue weighted by Crippen LogP contribution is 2.30. The van der Waals surface area contributed by atoms with Gasteiger partial charge in [0.2, 0.25) is 10.0 Å². The Hall–Kier alpha value is -2.42. The van der Waals surface area contributed by atoms with E-state index >= 15 is 0 Å². The third-order valence-electron chi connectivity index (χ3n) is 5.78. The molecule has 168 valence electrons. The first-order valence-corrected chi connectivity index (χ1v) is 11.9. The summed E-state index contributed by atoms with van der Waals surface area (Å²) >= 11 is 0. The molecule has 1 fully saturated rings. The number of nitrogen functional groups attached to an aromatic ring is 1. The molecule has 7 nitrogen and oxygen atoms in total. The second-order valence-corrected chi connectivity index (χ2v) is 9.60. The molecule has 2 aromatic carbocycles. The Kier molecular flexibility index (Phi) is 7.69. The van der Waals surface area contributed by atoms with Crippen LogP contribution in [0.2, 0.25) is 0 Å². The summed E-state index contributed by atoms with van der Waals surface area (Å²) in [5.74, 6) is -0.377. The maximum atomic E-state index is 12.8. The summed E-state index contributed by atoms with van der Waals surface area (Å²) in [6, 6.07) is 12.6. The van der Waals surface area contributed by atoms with Crippen LogP contribution in [0.1, 0.15) is 31.2 Å². The smallest absolute Gasteiger partial charge is 0.308 e. The lowest BCUT2D eigenvalue weighted by atomic mass is 9.86. The van der Waals surface area contributed by atoms with Crippen LogP contribution in [0.15, 0.2) is 47.4 Å². The average molecular weight is 447 g/mol. The van der Waals surface area contributed by atoms with E-state index in [1.54, 1.807) is 19.2 Å². The van der Waals surface area contributed by atoms with Crippen molar-refractivity contribution >= 4 is 21.7 Å². The zero-order valence-electron chi connectivity index (χ0n) is 18.0. The number of nitrogens with two attached hydrogens (primary N) is 1. The fraction of sp³-hybridized carbons (Fsp3) is 0.435. The van der Waals surface area contributed by atoms with Crippen LogP contribution in [-0.4, -0.2) is 41.3 Å². The zero-order chi connectivity index (χ0) is 22.4. The fourth-order valence-corrected chi connectivity index (χ4v) is 5.28. The number of methoxy groups -OCH3 is 2. The first-order valence-electron chi connectivity index (χ1n) is 10.4. The number of anilines is 1. The van der Waals surface area contributed by atoms with Gasteiger partial charge in [0.05, 0.1) is 24.5 Å². The van der Waals surface area contributed by atoms with E-state index in [1.165, 1.54) is 13.2 Å². The molecule has 3 rings (SSSR count). The number of esters is 1. The minimum Gasteiger partial charge on any atom is -0.469 e. The Labute approximate surface area is 184 Å². The molecule has 0 unspecified atom stereocenters.